The number of amides is 1. The van der Waals surface area contributed by atoms with Gasteiger partial charge in [0.1, 0.15) is 0 Å². The zero-order valence-corrected chi connectivity index (χ0v) is 21.1. The van der Waals surface area contributed by atoms with Gasteiger partial charge in [0.2, 0.25) is 5.91 Å². The van der Waals surface area contributed by atoms with Crippen LogP contribution in [0.1, 0.15) is 46.0 Å². The van der Waals surface area contributed by atoms with Gasteiger partial charge in [-0.05, 0) is 32.1 Å². The molecule has 3 unspecified atom stereocenters. The molecule has 2 heterocycles. The van der Waals surface area contributed by atoms with Crippen molar-refractivity contribution in [3.8, 4) is 0 Å². The lowest BCUT2D eigenvalue weighted by atomic mass is 9.57. The summed E-state index contributed by atoms with van der Waals surface area (Å²) in [5.74, 6) is 4.31. The number of nitrogens with zero attached hydrogens (tertiary/aromatic N) is 2. The van der Waals surface area contributed by atoms with Gasteiger partial charge in [-0.1, -0.05) is 13.8 Å². The van der Waals surface area contributed by atoms with Crippen molar-refractivity contribution in [2.75, 3.05) is 38.2 Å². The average Bonchev–Trinajstić information content (AvgIpc) is 3.19. The predicted molar refractivity (Wildman–Crippen MR) is 130 cm³/mol. The summed E-state index contributed by atoms with van der Waals surface area (Å²) < 4.78 is 5.91. The first-order valence-corrected chi connectivity index (χ1v) is 12.1. The molecule has 2 N–H and O–H groups in total. The van der Waals surface area contributed by atoms with Crippen LogP contribution in [-0.2, 0) is 9.53 Å². The first kappa shape index (κ1) is 23.4. The highest BCUT2D eigenvalue weighted by Gasteiger charge is 2.59. The fraction of sp³-hybridized carbons (Fsp3) is 0.905. The predicted octanol–water partition coefficient (Wildman–Crippen LogP) is 2.72. The van der Waals surface area contributed by atoms with Gasteiger partial charge in [0.05, 0.1) is 6.10 Å². The molecule has 0 aromatic heterocycles. The molecular formula is C21H37IN4O2S. The summed E-state index contributed by atoms with van der Waals surface area (Å²) in [5, 5.41) is 7.31. The van der Waals surface area contributed by atoms with Crippen molar-refractivity contribution in [3.63, 3.8) is 0 Å². The van der Waals surface area contributed by atoms with E-state index in [9.17, 15) is 4.79 Å². The Kier molecular flexibility index (Phi) is 8.03. The molecule has 1 amide bonds. The van der Waals surface area contributed by atoms with E-state index in [1.54, 1.807) is 0 Å². The fourth-order valence-corrected chi connectivity index (χ4v) is 6.56. The van der Waals surface area contributed by atoms with Gasteiger partial charge in [-0.3, -0.25) is 9.79 Å². The van der Waals surface area contributed by atoms with Gasteiger partial charge >= 0.3 is 0 Å². The molecule has 6 nitrogen and oxygen atoms in total. The van der Waals surface area contributed by atoms with Gasteiger partial charge in [-0.15, -0.1) is 24.0 Å². The highest BCUT2D eigenvalue weighted by Crippen LogP contribution is 2.52. The number of carbonyl (C=O) groups is 1. The van der Waals surface area contributed by atoms with Crippen LogP contribution in [0.15, 0.2) is 4.99 Å². The number of carbonyl (C=O) groups excluding carboxylic acids is 1. The van der Waals surface area contributed by atoms with E-state index >= 15 is 0 Å². The molecule has 0 spiro atoms. The largest absolute Gasteiger partial charge is 0.377 e. The van der Waals surface area contributed by atoms with Crippen LogP contribution in [0.3, 0.4) is 0 Å². The Morgan fingerprint density at radius 1 is 1.10 bits per heavy atom. The van der Waals surface area contributed by atoms with E-state index in [4.69, 9.17) is 4.74 Å². The summed E-state index contributed by atoms with van der Waals surface area (Å²) >= 11 is 1.96. The number of aliphatic imine (C=N–C) groups is 1. The average molecular weight is 537 g/mol. The number of guanidine groups is 1. The van der Waals surface area contributed by atoms with Gasteiger partial charge in [0, 0.05) is 67.6 Å². The van der Waals surface area contributed by atoms with E-state index in [1.165, 1.54) is 0 Å². The van der Waals surface area contributed by atoms with Gasteiger partial charge in [0.15, 0.2) is 5.96 Å². The van der Waals surface area contributed by atoms with Crippen LogP contribution in [0.5, 0.6) is 0 Å². The quantitative estimate of drug-likeness (QED) is 0.330. The molecule has 2 saturated carbocycles. The van der Waals surface area contributed by atoms with E-state index in [-0.39, 0.29) is 35.3 Å². The lowest BCUT2D eigenvalue weighted by Gasteiger charge is -2.55. The third-order valence-electron chi connectivity index (χ3n) is 7.36. The van der Waals surface area contributed by atoms with Gasteiger partial charge in [0.25, 0.3) is 0 Å². The Morgan fingerprint density at radius 3 is 2.45 bits per heavy atom. The van der Waals surface area contributed by atoms with Gasteiger partial charge in [-0.25, -0.2) is 0 Å². The maximum atomic E-state index is 12.8. The minimum atomic E-state index is 0. The Morgan fingerprint density at radius 2 is 1.79 bits per heavy atom. The smallest absolute Gasteiger partial charge is 0.225 e. The van der Waals surface area contributed by atoms with Crippen molar-refractivity contribution >= 4 is 47.6 Å². The second-order valence-corrected chi connectivity index (χ2v) is 10.6. The van der Waals surface area contributed by atoms with Crippen molar-refractivity contribution in [2.45, 2.75) is 64.1 Å². The molecule has 0 aromatic rings. The minimum absolute atomic E-state index is 0. The van der Waals surface area contributed by atoms with Crippen molar-refractivity contribution in [1.82, 2.24) is 15.5 Å². The van der Waals surface area contributed by atoms with Crippen molar-refractivity contribution in [3.05, 3.63) is 0 Å². The highest BCUT2D eigenvalue weighted by molar-refractivity contribution is 14.0. The van der Waals surface area contributed by atoms with E-state index in [1.807, 2.05) is 18.8 Å². The summed E-state index contributed by atoms with van der Waals surface area (Å²) in [6.07, 6.45) is 5.60. The summed E-state index contributed by atoms with van der Waals surface area (Å²) in [6, 6.07) is 0.826. The second kappa shape index (κ2) is 9.94. The Hall–Kier alpha value is -0.220. The molecule has 8 heteroatoms. The third-order valence-corrected chi connectivity index (χ3v) is 8.30. The molecule has 3 atom stereocenters. The van der Waals surface area contributed by atoms with Gasteiger partial charge < -0.3 is 20.3 Å². The molecular weight excluding hydrogens is 499 g/mol. The summed E-state index contributed by atoms with van der Waals surface area (Å²) in [6.45, 7) is 7.33. The summed E-state index contributed by atoms with van der Waals surface area (Å²) in [4.78, 5) is 19.3. The number of thioether (sulfide) groups is 1. The zero-order chi connectivity index (χ0) is 19.7. The Labute approximate surface area is 196 Å². The molecule has 2 aliphatic carbocycles. The van der Waals surface area contributed by atoms with E-state index in [0.29, 0.717) is 30.0 Å². The Bertz CT molecular complexity index is 603. The first-order valence-electron chi connectivity index (χ1n) is 11.0. The lowest BCUT2D eigenvalue weighted by molar-refractivity contribution is -0.136. The first-order chi connectivity index (χ1) is 13.5. The van der Waals surface area contributed by atoms with Crippen LogP contribution in [0.25, 0.3) is 0 Å². The molecule has 4 rings (SSSR count). The number of nitrogens with one attached hydrogen (secondary N) is 2. The number of rotatable bonds is 3. The van der Waals surface area contributed by atoms with Crippen LogP contribution >= 0.6 is 35.7 Å². The third kappa shape index (κ3) is 4.84. The van der Waals surface area contributed by atoms with Crippen molar-refractivity contribution < 1.29 is 9.53 Å². The molecule has 2 saturated heterocycles. The number of halogens is 1. The van der Waals surface area contributed by atoms with Crippen LogP contribution in [0.2, 0.25) is 0 Å². The topological polar surface area (TPSA) is 66.0 Å². The zero-order valence-electron chi connectivity index (χ0n) is 18.0. The fourth-order valence-electron chi connectivity index (χ4n) is 5.66. The molecule has 166 valence electrons. The maximum Gasteiger partial charge on any atom is 0.225 e. The van der Waals surface area contributed by atoms with Crippen LogP contribution in [0, 0.1) is 17.3 Å². The lowest BCUT2D eigenvalue weighted by Crippen LogP contribution is -2.68. The minimum Gasteiger partial charge on any atom is -0.377 e. The number of hydrogen-bond acceptors (Lipinski definition) is 4. The van der Waals surface area contributed by atoms with Crippen molar-refractivity contribution in [1.29, 1.82) is 0 Å². The highest BCUT2D eigenvalue weighted by atomic mass is 127. The molecule has 0 bridgehead atoms. The summed E-state index contributed by atoms with van der Waals surface area (Å²) in [5.41, 5.74) is 0.148. The SMILES string of the molecule is CN=C(NC1CCC(C(=O)N2CCSCC2)CC1)NC1C2CCOC2C1(C)C.I. The monoisotopic (exact) mass is 536 g/mol. The van der Waals surface area contributed by atoms with Gasteiger partial charge in [-0.2, -0.15) is 11.8 Å². The van der Waals surface area contributed by atoms with Crippen LogP contribution in [-0.4, -0.2) is 73.2 Å². The van der Waals surface area contributed by atoms with Crippen LogP contribution < -0.4 is 10.6 Å². The summed E-state index contributed by atoms with van der Waals surface area (Å²) in [7, 11) is 1.85. The van der Waals surface area contributed by atoms with E-state index in [2.05, 4.69) is 34.4 Å². The molecule has 0 radical (unpaired) electrons. The van der Waals surface area contributed by atoms with E-state index in [0.717, 1.165) is 69.3 Å². The number of hydrogen-bond donors (Lipinski definition) is 2. The Balaban J connectivity index is 0.00000240. The standard InChI is InChI=1S/C21H36N4O2S.HI/c1-21(2)17(16-8-11-27-18(16)21)24-20(22-3)23-15-6-4-14(5-7-15)19(26)25-9-12-28-13-10-25;/h14-18H,4-13H2,1-3H3,(H2,22,23,24);1H. The molecule has 29 heavy (non-hydrogen) atoms. The van der Waals surface area contributed by atoms with E-state index < -0.39 is 0 Å². The molecule has 2 aliphatic heterocycles. The normalized spacial score (nSPS) is 36.4. The molecule has 4 fully saturated rings. The molecule has 0 aromatic carbocycles. The second-order valence-electron chi connectivity index (χ2n) is 9.39. The maximum absolute atomic E-state index is 12.8. The molecule has 4 aliphatic rings. The van der Waals surface area contributed by atoms with Crippen molar-refractivity contribution in [2.24, 2.45) is 22.2 Å². The number of ether oxygens (including phenoxy) is 1. The number of fused-ring (bicyclic) bond motifs is 1. The van der Waals surface area contributed by atoms with Crippen LogP contribution in [0.4, 0.5) is 0 Å².